The number of nitrogens with one attached hydrogen (secondary N) is 6. The van der Waals surface area contributed by atoms with Gasteiger partial charge in [-0.2, -0.15) is 5.01 Å². The van der Waals surface area contributed by atoms with Crippen LogP contribution < -0.4 is 41.7 Å². The Morgan fingerprint density at radius 1 is 0.862 bits per heavy atom. The molecule has 7 aliphatic heterocycles. The van der Waals surface area contributed by atoms with Gasteiger partial charge in [0, 0.05) is 86.9 Å². The molecule has 1 aliphatic carbocycles. The van der Waals surface area contributed by atoms with Crippen molar-refractivity contribution in [3.8, 4) is 0 Å². The third-order valence-corrected chi connectivity index (χ3v) is 16.0. The van der Waals surface area contributed by atoms with E-state index in [-0.39, 0.29) is 66.2 Å². The van der Waals surface area contributed by atoms with Gasteiger partial charge in [-0.1, -0.05) is 12.2 Å². The van der Waals surface area contributed by atoms with Gasteiger partial charge in [0.1, 0.15) is 18.1 Å². The Balaban J connectivity index is 0.695. The molecular weight excluding hydrogens is 830 g/mol. The third kappa shape index (κ3) is 9.24. The molecule has 1 spiro atoms. The minimum absolute atomic E-state index is 0.0287. The van der Waals surface area contributed by atoms with Gasteiger partial charge in [0.05, 0.1) is 30.4 Å². The molecule has 17 heteroatoms. The van der Waals surface area contributed by atoms with Gasteiger partial charge in [-0.15, -0.1) is 0 Å². The van der Waals surface area contributed by atoms with Gasteiger partial charge < -0.3 is 25.5 Å². The molecule has 2 aromatic carbocycles. The second-order valence-corrected chi connectivity index (χ2v) is 20.2. The zero-order chi connectivity index (χ0) is 44.9. The number of carbonyl (C=O) groups excluding carboxylic acids is 4. The van der Waals surface area contributed by atoms with Crippen molar-refractivity contribution in [2.24, 2.45) is 11.3 Å². The summed E-state index contributed by atoms with van der Waals surface area (Å²) in [4.78, 5) is 57.9. The number of hydrogen-bond donors (Lipinski definition) is 7. The van der Waals surface area contributed by atoms with E-state index in [4.69, 9.17) is 0 Å². The van der Waals surface area contributed by atoms with E-state index in [2.05, 4.69) is 88.0 Å². The Morgan fingerprint density at radius 2 is 1.65 bits per heavy atom. The molecule has 0 radical (unpaired) electrons. The van der Waals surface area contributed by atoms with E-state index in [0.717, 1.165) is 83.5 Å². The molecule has 2 bridgehead atoms. The number of aliphatic hydroxyl groups is 1. The SMILES string of the molecule is C[C@@]1(O)CC/C=C\CN2C(=O)C3CNC(Nc4ccc(N5CCN(C6CCC7(CCN(c8cc(F)cc(C(=O)NC9CCC(=O)NC9=O)c8)CC7)C6)CC5)cc4)NC3N2C2CCCC1N2. The summed E-state index contributed by atoms with van der Waals surface area (Å²) in [7, 11) is 0. The van der Waals surface area contributed by atoms with E-state index in [1.165, 1.54) is 37.1 Å². The number of piperazine rings is 1. The lowest BCUT2D eigenvalue weighted by Gasteiger charge is -2.47. The minimum atomic E-state index is -0.816. The summed E-state index contributed by atoms with van der Waals surface area (Å²) in [6, 6.07) is 12.8. The maximum absolute atomic E-state index is 14.9. The predicted molar refractivity (Wildman–Crippen MR) is 245 cm³/mol. The van der Waals surface area contributed by atoms with Crippen molar-refractivity contribution in [3.05, 3.63) is 66.0 Å². The fourth-order valence-corrected chi connectivity index (χ4v) is 12.2. The highest BCUT2D eigenvalue weighted by atomic mass is 19.1. The number of hydrogen-bond acceptors (Lipinski definition) is 13. The van der Waals surface area contributed by atoms with Crippen molar-refractivity contribution in [3.63, 3.8) is 0 Å². The smallest absolute Gasteiger partial charge is 0.252 e. The Bertz CT molecular complexity index is 2140. The number of nitrogens with zero attached hydrogens (tertiary/aromatic N) is 5. The van der Waals surface area contributed by atoms with Crippen LogP contribution in [-0.2, 0) is 14.4 Å². The van der Waals surface area contributed by atoms with Gasteiger partial charge in [0.2, 0.25) is 17.7 Å². The second-order valence-electron chi connectivity index (χ2n) is 20.2. The normalized spacial score (nSPS) is 33.8. The maximum Gasteiger partial charge on any atom is 0.252 e. The molecule has 7 N–H and O–H groups in total. The van der Waals surface area contributed by atoms with Crippen LogP contribution in [0.5, 0.6) is 0 Å². The number of halogens is 1. The third-order valence-electron chi connectivity index (χ3n) is 16.0. The van der Waals surface area contributed by atoms with Crippen molar-refractivity contribution in [1.82, 2.24) is 41.5 Å². The first kappa shape index (κ1) is 44.2. The van der Waals surface area contributed by atoms with Crippen molar-refractivity contribution in [2.75, 3.05) is 67.5 Å². The zero-order valence-electron chi connectivity index (χ0n) is 37.6. The number of carbonyl (C=O) groups is 4. The molecule has 8 aliphatic rings. The molecule has 7 fully saturated rings. The van der Waals surface area contributed by atoms with Crippen LogP contribution in [0.2, 0.25) is 0 Å². The fraction of sp³-hybridized carbons (Fsp3) is 0.625. The van der Waals surface area contributed by atoms with Crippen LogP contribution in [0.25, 0.3) is 0 Å². The first-order chi connectivity index (χ1) is 31.4. The zero-order valence-corrected chi connectivity index (χ0v) is 37.6. The lowest BCUT2D eigenvalue weighted by atomic mass is 9.76. The van der Waals surface area contributed by atoms with Crippen molar-refractivity contribution in [2.45, 2.75) is 126 Å². The van der Waals surface area contributed by atoms with Crippen LogP contribution in [0.15, 0.2) is 54.6 Å². The standard InChI is InChI=1S/C48H66FN11O5/c1-47(65)15-3-2-4-19-59-45(64)37-30-50-46(55-42(37)60(59)40-7-5-6-39(47)53-40)51-33-8-10-34(11-9-33)57-22-24-58(25-23-57)35-14-16-48(29-35)17-20-56(21-18-48)36-27-31(26-32(49)28-36)43(62)52-38-12-13-41(61)54-44(38)63/h2,4,8-11,26-28,35,37-40,42,46,50-51,53,55,65H,3,5-7,12-25,29-30H2,1H3,(H,52,62)(H,54,61,63)/b4-2-/t35?,37?,38?,39?,40?,42?,46?,47-/m1/s1. The van der Waals surface area contributed by atoms with Crippen LogP contribution in [0.1, 0.15) is 94.3 Å². The predicted octanol–water partition coefficient (Wildman–Crippen LogP) is 2.78. The molecule has 16 nitrogen and oxygen atoms in total. The van der Waals surface area contributed by atoms with E-state index < -0.39 is 29.3 Å². The largest absolute Gasteiger partial charge is 0.389 e. The van der Waals surface area contributed by atoms with E-state index >= 15 is 0 Å². The summed E-state index contributed by atoms with van der Waals surface area (Å²) in [6.45, 7) is 8.62. The molecule has 65 heavy (non-hydrogen) atoms. The molecule has 8 atom stereocenters. The van der Waals surface area contributed by atoms with E-state index in [1.54, 1.807) is 6.07 Å². The molecular formula is C48H66FN11O5. The van der Waals surface area contributed by atoms with E-state index in [1.807, 2.05) is 11.9 Å². The average molecular weight is 896 g/mol. The molecule has 7 unspecified atom stereocenters. The topological polar surface area (TPSA) is 177 Å². The highest BCUT2D eigenvalue weighted by Crippen LogP contribution is 2.48. The van der Waals surface area contributed by atoms with Crippen LogP contribution in [0, 0.1) is 17.2 Å². The van der Waals surface area contributed by atoms with Crippen LogP contribution in [0.4, 0.5) is 21.5 Å². The van der Waals surface area contributed by atoms with Crippen LogP contribution in [-0.4, -0.2) is 138 Å². The first-order valence-corrected chi connectivity index (χ1v) is 24.2. The summed E-state index contributed by atoms with van der Waals surface area (Å²) < 4.78 is 14.9. The number of allylic oxidation sites excluding steroid dienone is 1. The molecule has 1 saturated carbocycles. The van der Waals surface area contributed by atoms with Crippen molar-refractivity contribution in [1.29, 1.82) is 0 Å². The highest BCUT2D eigenvalue weighted by molar-refractivity contribution is 6.04. The van der Waals surface area contributed by atoms with Gasteiger partial charge in [0.25, 0.3) is 5.91 Å². The lowest BCUT2D eigenvalue weighted by Crippen LogP contribution is -2.69. The Kier molecular flexibility index (Phi) is 12.4. The number of hydrazine groups is 1. The number of anilines is 3. The minimum Gasteiger partial charge on any atom is -0.389 e. The molecule has 7 heterocycles. The summed E-state index contributed by atoms with van der Waals surface area (Å²) in [5, 5.41) is 35.1. The number of benzene rings is 2. The summed E-state index contributed by atoms with van der Waals surface area (Å²) in [5.41, 5.74) is 2.52. The van der Waals surface area contributed by atoms with Gasteiger partial charge in [-0.05, 0) is 125 Å². The Labute approximate surface area is 381 Å². The summed E-state index contributed by atoms with van der Waals surface area (Å²) in [6.07, 6.45) is 14.0. The average Bonchev–Trinajstić information content (AvgIpc) is 3.84. The van der Waals surface area contributed by atoms with Crippen LogP contribution >= 0.6 is 0 Å². The number of amides is 4. The lowest BCUT2D eigenvalue weighted by molar-refractivity contribution is -0.146. The molecule has 10 rings (SSSR count). The fourth-order valence-electron chi connectivity index (χ4n) is 12.2. The number of rotatable bonds is 7. The van der Waals surface area contributed by atoms with Gasteiger partial charge in [0.15, 0.2) is 0 Å². The quantitative estimate of drug-likeness (QED) is 0.160. The molecule has 2 aromatic rings. The summed E-state index contributed by atoms with van der Waals surface area (Å²) >= 11 is 0. The monoisotopic (exact) mass is 896 g/mol. The maximum atomic E-state index is 14.9. The first-order valence-electron chi connectivity index (χ1n) is 24.2. The highest BCUT2D eigenvalue weighted by Gasteiger charge is 2.53. The Hall–Kier alpha value is -4.65. The van der Waals surface area contributed by atoms with Crippen molar-refractivity contribution >= 4 is 40.7 Å². The molecule has 350 valence electrons. The van der Waals surface area contributed by atoms with Gasteiger partial charge in [-0.25, -0.2) is 4.39 Å². The van der Waals surface area contributed by atoms with E-state index in [0.29, 0.717) is 31.2 Å². The second kappa shape index (κ2) is 18.2. The van der Waals surface area contributed by atoms with E-state index in [9.17, 15) is 28.7 Å². The number of fused-ring (bicyclic) bond motifs is 6. The molecule has 4 amide bonds. The molecule has 6 saturated heterocycles. The van der Waals surface area contributed by atoms with Crippen molar-refractivity contribution < 1.29 is 28.7 Å². The van der Waals surface area contributed by atoms with Crippen LogP contribution in [0.3, 0.4) is 0 Å². The van der Waals surface area contributed by atoms with Gasteiger partial charge >= 0.3 is 0 Å². The Morgan fingerprint density at radius 3 is 2.43 bits per heavy atom. The number of imide groups is 1. The number of piperidine rings is 3. The summed E-state index contributed by atoms with van der Waals surface area (Å²) in [5.74, 6) is -1.98. The molecule has 0 aromatic heterocycles. The van der Waals surface area contributed by atoms with Gasteiger partial charge in [-0.3, -0.25) is 50.4 Å².